The van der Waals surface area contributed by atoms with E-state index in [1.165, 1.54) is 0 Å². The van der Waals surface area contributed by atoms with Crippen LogP contribution in [0.4, 0.5) is 0 Å². The minimum Gasteiger partial charge on any atom is -0.481 e. The molecule has 1 aromatic heterocycles. The third-order valence-electron chi connectivity index (χ3n) is 3.07. The van der Waals surface area contributed by atoms with Gasteiger partial charge in [0.15, 0.2) is 0 Å². The summed E-state index contributed by atoms with van der Waals surface area (Å²) in [7, 11) is 0. The molecule has 0 aromatic carbocycles. The fourth-order valence-electron chi connectivity index (χ4n) is 2.23. The molecule has 1 fully saturated rings. The topological polar surface area (TPSA) is 95.1 Å². The van der Waals surface area contributed by atoms with Gasteiger partial charge in [0, 0.05) is 30.4 Å². The van der Waals surface area contributed by atoms with Crippen LogP contribution in [0.3, 0.4) is 0 Å². The van der Waals surface area contributed by atoms with Crippen LogP contribution in [0, 0.1) is 5.92 Å². The minimum atomic E-state index is -0.754. The smallest absolute Gasteiger partial charge is 0.344 e. The lowest BCUT2D eigenvalue weighted by Gasteiger charge is -2.29. The van der Waals surface area contributed by atoms with Gasteiger partial charge in [-0.3, -0.25) is 4.79 Å². The fourth-order valence-corrected chi connectivity index (χ4v) is 2.23. The predicted molar refractivity (Wildman–Crippen MR) is 60.6 cm³/mol. The highest BCUT2D eigenvalue weighted by Crippen LogP contribution is 2.28. The van der Waals surface area contributed by atoms with Crippen LogP contribution in [-0.4, -0.2) is 27.6 Å². The van der Waals surface area contributed by atoms with Crippen LogP contribution in [0.1, 0.15) is 30.9 Å². The van der Waals surface area contributed by atoms with Crippen LogP contribution < -0.4 is 11.0 Å². The van der Waals surface area contributed by atoms with Crippen molar-refractivity contribution in [1.82, 2.24) is 15.3 Å². The second-order valence-electron chi connectivity index (χ2n) is 4.35. The Labute approximate surface area is 98.1 Å². The lowest BCUT2D eigenvalue weighted by molar-refractivity contribution is -0.138. The molecule has 0 bridgehead atoms. The summed E-state index contributed by atoms with van der Waals surface area (Å²) in [5, 5.41) is 12.1. The summed E-state index contributed by atoms with van der Waals surface area (Å²) in [5.74, 6) is -0.569. The minimum absolute atomic E-state index is 0.0810. The molecule has 1 aliphatic heterocycles. The molecule has 1 aromatic rings. The van der Waals surface area contributed by atoms with E-state index in [0.717, 1.165) is 24.9 Å². The number of H-pyrrole nitrogens is 1. The van der Waals surface area contributed by atoms with E-state index in [4.69, 9.17) is 5.11 Å². The highest BCUT2D eigenvalue weighted by Gasteiger charge is 2.24. The van der Waals surface area contributed by atoms with Gasteiger partial charge in [0.2, 0.25) is 0 Å². The average Bonchev–Trinajstić information content (AvgIpc) is 2.29. The second kappa shape index (κ2) is 5.09. The molecular weight excluding hydrogens is 222 g/mol. The number of piperidine rings is 1. The summed E-state index contributed by atoms with van der Waals surface area (Å²) < 4.78 is 0. The van der Waals surface area contributed by atoms with Gasteiger partial charge < -0.3 is 15.4 Å². The van der Waals surface area contributed by atoms with Crippen LogP contribution in [0.2, 0.25) is 0 Å². The van der Waals surface area contributed by atoms with Gasteiger partial charge in [-0.2, -0.15) is 0 Å². The van der Waals surface area contributed by atoms with Crippen LogP contribution in [0.5, 0.6) is 0 Å². The lowest BCUT2D eigenvalue weighted by Crippen LogP contribution is -2.33. The maximum absolute atomic E-state index is 10.8. The summed E-state index contributed by atoms with van der Waals surface area (Å²) in [6, 6.07) is 0.0810. The Morgan fingerprint density at radius 1 is 1.59 bits per heavy atom. The molecule has 92 valence electrons. The van der Waals surface area contributed by atoms with Gasteiger partial charge >= 0.3 is 11.7 Å². The number of aromatic nitrogens is 2. The number of aromatic amines is 1. The molecule has 6 nitrogen and oxygen atoms in total. The van der Waals surface area contributed by atoms with Crippen LogP contribution in [0.15, 0.2) is 17.2 Å². The first kappa shape index (κ1) is 11.8. The summed E-state index contributed by atoms with van der Waals surface area (Å²) >= 11 is 0. The van der Waals surface area contributed by atoms with Crippen molar-refractivity contribution in [2.24, 2.45) is 5.92 Å². The van der Waals surface area contributed by atoms with Gasteiger partial charge in [0.05, 0.1) is 0 Å². The molecule has 0 amide bonds. The monoisotopic (exact) mass is 237 g/mol. The number of hydrogen-bond donors (Lipinski definition) is 3. The maximum Gasteiger partial charge on any atom is 0.344 e. The summed E-state index contributed by atoms with van der Waals surface area (Å²) in [6.45, 7) is 0.793. The zero-order chi connectivity index (χ0) is 12.3. The molecule has 0 saturated carbocycles. The Morgan fingerprint density at radius 2 is 2.41 bits per heavy atom. The van der Waals surface area contributed by atoms with Crippen molar-refractivity contribution in [2.45, 2.75) is 25.3 Å². The largest absolute Gasteiger partial charge is 0.481 e. The fraction of sp³-hybridized carbons (Fsp3) is 0.545. The average molecular weight is 237 g/mol. The Balaban J connectivity index is 2.04. The molecule has 2 heterocycles. The molecule has 3 N–H and O–H groups in total. The molecule has 2 atom stereocenters. The van der Waals surface area contributed by atoms with E-state index in [-0.39, 0.29) is 24.1 Å². The first-order chi connectivity index (χ1) is 8.15. The first-order valence-electron chi connectivity index (χ1n) is 5.65. The SMILES string of the molecule is O=C(O)CC1CCNC(c2cnc(=O)[nH]c2)C1. The van der Waals surface area contributed by atoms with E-state index in [0.29, 0.717) is 0 Å². The highest BCUT2D eigenvalue weighted by molar-refractivity contribution is 5.67. The van der Waals surface area contributed by atoms with Crippen molar-refractivity contribution in [2.75, 3.05) is 6.54 Å². The number of carbonyl (C=O) groups is 1. The van der Waals surface area contributed by atoms with Crippen LogP contribution in [-0.2, 0) is 4.79 Å². The molecular formula is C11H15N3O3. The predicted octanol–water partition coefficient (Wildman–Crippen LogP) is 0.285. The molecule has 6 heteroatoms. The summed E-state index contributed by atoms with van der Waals surface area (Å²) in [6.07, 6.45) is 5.02. The number of hydrogen-bond acceptors (Lipinski definition) is 4. The number of aliphatic carboxylic acids is 1. The van der Waals surface area contributed by atoms with Gasteiger partial charge in [-0.25, -0.2) is 9.78 Å². The lowest BCUT2D eigenvalue weighted by atomic mass is 9.87. The Kier molecular flexibility index (Phi) is 3.53. The third kappa shape index (κ3) is 3.13. The third-order valence-corrected chi connectivity index (χ3v) is 3.07. The number of rotatable bonds is 3. The zero-order valence-electron chi connectivity index (χ0n) is 9.35. The van der Waals surface area contributed by atoms with Crippen molar-refractivity contribution in [3.05, 3.63) is 28.4 Å². The maximum atomic E-state index is 10.8. The molecule has 1 saturated heterocycles. The van der Waals surface area contributed by atoms with Crippen molar-refractivity contribution in [1.29, 1.82) is 0 Å². The van der Waals surface area contributed by atoms with Crippen LogP contribution >= 0.6 is 0 Å². The van der Waals surface area contributed by atoms with Gasteiger partial charge in [-0.05, 0) is 25.3 Å². The molecule has 0 radical (unpaired) electrons. The van der Waals surface area contributed by atoms with E-state index < -0.39 is 5.97 Å². The van der Waals surface area contributed by atoms with Crippen molar-refractivity contribution in [3.8, 4) is 0 Å². The van der Waals surface area contributed by atoms with E-state index in [1.807, 2.05) is 0 Å². The molecule has 2 unspecified atom stereocenters. The first-order valence-corrected chi connectivity index (χ1v) is 5.65. The van der Waals surface area contributed by atoms with Gasteiger partial charge in [0.25, 0.3) is 0 Å². The van der Waals surface area contributed by atoms with Gasteiger partial charge in [0.1, 0.15) is 0 Å². The Bertz CT molecular complexity index is 437. The van der Waals surface area contributed by atoms with Crippen LogP contribution in [0.25, 0.3) is 0 Å². The molecule has 0 spiro atoms. The summed E-state index contributed by atoms with van der Waals surface area (Å²) in [5.41, 5.74) is 0.534. The number of nitrogens with zero attached hydrogens (tertiary/aromatic N) is 1. The quantitative estimate of drug-likeness (QED) is 0.702. The molecule has 2 rings (SSSR count). The van der Waals surface area contributed by atoms with E-state index in [2.05, 4.69) is 15.3 Å². The van der Waals surface area contributed by atoms with Crippen molar-refractivity contribution >= 4 is 5.97 Å². The molecule has 0 aliphatic carbocycles. The Hall–Kier alpha value is -1.69. The normalized spacial score (nSPS) is 24.5. The van der Waals surface area contributed by atoms with Crippen molar-refractivity contribution < 1.29 is 9.90 Å². The highest BCUT2D eigenvalue weighted by atomic mass is 16.4. The summed E-state index contributed by atoms with van der Waals surface area (Å²) in [4.78, 5) is 27.7. The standard InChI is InChI=1S/C11H15N3O3/c15-10(16)4-7-1-2-12-9(3-7)8-5-13-11(17)14-6-8/h5-7,9,12H,1-4H2,(H,15,16)(H,13,14,17). The van der Waals surface area contributed by atoms with E-state index in [9.17, 15) is 9.59 Å². The number of carboxylic acid groups (broad SMARTS) is 1. The van der Waals surface area contributed by atoms with Gasteiger partial charge in [-0.15, -0.1) is 0 Å². The van der Waals surface area contributed by atoms with E-state index in [1.54, 1.807) is 12.4 Å². The number of nitrogens with one attached hydrogen (secondary N) is 2. The Morgan fingerprint density at radius 3 is 3.06 bits per heavy atom. The van der Waals surface area contributed by atoms with E-state index >= 15 is 0 Å². The molecule has 17 heavy (non-hydrogen) atoms. The number of carboxylic acids is 1. The zero-order valence-corrected chi connectivity index (χ0v) is 9.35. The van der Waals surface area contributed by atoms with Crippen molar-refractivity contribution in [3.63, 3.8) is 0 Å². The van der Waals surface area contributed by atoms with Gasteiger partial charge in [-0.1, -0.05) is 0 Å². The molecule has 1 aliphatic rings. The second-order valence-corrected chi connectivity index (χ2v) is 4.35.